The van der Waals surface area contributed by atoms with Crippen molar-refractivity contribution in [2.75, 3.05) is 0 Å². The van der Waals surface area contributed by atoms with Crippen LogP contribution in [0.15, 0.2) is 70.5 Å². The topological polar surface area (TPSA) is 100 Å². The third-order valence-corrected chi connectivity index (χ3v) is 6.70. The summed E-state index contributed by atoms with van der Waals surface area (Å²) >= 11 is 0. The number of carbonyl (C=O) groups is 1. The zero-order chi connectivity index (χ0) is 22.8. The number of aromatic nitrogens is 1. The predicted octanol–water partition coefficient (Wildman–Crippen LogP) is 4.95. The third kappa shape index (κ3) is 4.30. The Bertz CT molecular complexity index is 1290. The highest BCUT2D eigenvalue weighted by Crippen LogP contribution is 2.30. The number of hydrogen-bond acceptors (Lipinski definition) is 4. The van der Waals surface area contributed by atoms with Gasteiger partial charge in [0.15, 0.2) is 0 Å². The number of nitrogens with zero attached hydrogens (tertiary/aromatic N) is 2. The van der Waals surface area contributed by atoms with Crippen LogP contribution < -0.4 is 0 Å². The normalized spacial score (nSPS) is 12.0. The third-order valence-electron chi connectivity index (χ3n) is 5.02. The summed E-state index contributed by atoms with van der Waals surface area (Å²) in [6, 6.07) is 18.0. The lowest BCUT2D eigenvalue weighted by molar-refractivity contribution is 0.0697. The van der Waals surface area contributed by atoms with Gasteiger partial charge in [0.2, 0.25) is 9.84 Å². The molecule has 158 valence electrons. The largest absolute Gasteiger partial charge is 0.478 e. The maximum absolute atomic E-state index is 12.9. The van der Waals surface area contributed by atoms with Crippen LogP contribution in [0.1, 0.15) is 47.1 Å². The Kier molecular flexibility index (Phi) is 6.14. The van der Waals surface area contributed by atoms with Gasteiger partial charge in [-0.25, -0.2) is 13.2 Å². The van der Waals surface area contributed by atoms with E-state index in [-0.39, 0.29) is 21.3 Å². The summed E-state index contributed by atoms with van der Waals surface area (Å²) in [6.07, 6.45) is 1.39. The Morgan fingerprint density at radius 1 is 1.10 bits per heavy atom. The quantitative estimate of drug-likeness (QED) is 0.554. The minimum absolute atomic E-state index is 0.0632. The molecule has 0 atom stereocenters. The molecule has 0 amide bonds. The Morgan fingerprint density at radius 2 is 1.71 bits per heavy atom. The fourth-order valence-corrected chi connectivity index (χ4v) is 4.53. The summed E-state index contributed by atoms with van der Waals surface area (Å²) in [4.78, 5) is 10.9. The molecule has 6 nitrogen and oxygen atoms in total. The van der Waals surface area contributed by atoms with Crippen molar-refractivity contribution in [3.8, 4) is 11.8 Å². The van der Waals surface area contributed by atoms with E-state index in [4.69, 9.17) is 5.11 Å². The summed E-state index contributed by atoms with van der Waals surface area (Å²) in [6.45, 7) is 5.86. The molecule has 3 aromatic rings. The Morgan fingerprint density at radius 3 is 2.23 bits per heavy atom. The van der Waals surface area contributed by atoms with E-state index < -0.39 is 15.8 Å². The molecule has 0 aliphatic rings. The van der Waals surface area contributed by atoms with Gasteiger partial charge in [0, 0.05) is 17.1 Å². The zero-order valence-corrected chi connectivity index (χ0v) is 18.2. The minimum Gasteiger partial charge on any atom is -0.478 e. The van der Waals surface area contributed by atoms with Crippen LogP contribution in [0.25, 0.3) is 11.8 Å². The molecule has 0 saturated heterocycles. The van der Waals surface area contributed by atoms with E-state index >= 15 is 0 Å². The van der Waals surface area contributed by atoms with Crippen LogP contribution in [-0.4, -0.2) is 24.1 Å². The van der Waals surface area contributed by atoms with Crippen LogP contribution in [0.2, 0.25) is 0 Å². The van der Waals surface area contributed by atoms with Crippen LogP contribution in [-0.2, 0) is 9.84 Å². The van der Waals surface area contributed by atoms with Crippen LogP contribution in [0.3, 0.4) is 0 Å². The average Bonchev–Trinajstić information content (AvgIpc) is 3.08. The van der Waals surface area contributed by atoms with Crippen molar-refractivity contribution in [1.29, 1.82) is 5.26 Å². The van der Waals surface area contributed by atoms with Gasteiger partial charge in [0.25, 0.3) is 0 Å². The zero-order valence-electron chi connectivity index (χ0n) is 17.4. The standard InChI is InChI=1S/C24H22N2O4S/c1-16(2)23-14-19(13-22(15-25)31(29,30)21-7-5-4-6-8-21)17(3)26(23)20-11-9-18(10-12-20)24(27)28/h4-14,16H,1-3H3,(H,27,28)/b22-13+. The summed E-state index contributed by atoms with van der Waals surface area (Å²) in [5, 5.41) is 18.7. The van der Waals surface area contributed by atoms with E-state index in [0.717, 1.165) is 17.1 Å². The molecule has 1 aromatic heterocycles. The molecular formula is C24H22N2O4S. The van der Waals surface area contributed by atoms with Gasteiger partial charge in [0.1, 0.15) is 11.0 Å². The highest BCUT2D eigenvalue weighted by molar-refractivity contribution is 7.95. The molecule has 2 aromatic carbocycles. The Hall–Kier alpha value is -3.63. The second-order valence-corrected chi connectivity index (χ2v) is 9.31. The number of carboxylic acids is 1. The van der Waals surface area contributed by atoms with Crippen molar-refractivity contribution in [2.24, 2.45) is 0 Å². The molecule has 0 saturated carbocycles. The lowest BCUT2D eigenvalue weighted by atomic mass is 10.1. The van der Waals surface area contributed by atoms with Gasteiger partial charge in [-0.15, -0.1) is 0 Å². The molecule has 3 rings (SSSR count). The molecule has 0 fully saturated rings. The molecule has 1 N–H and O–H groups in total. The smallest absolute Gasteiger partial charge is 0.335 e. The summed E-state index contributed by atoms with van der Waals surface area (Å²) in [5.41, 5.74) is 3.22. The van der Waals surface area contributed by atoms with Gasteiger partial charge in [-0.05, 0) is 66.9 Å². The Balaban J connectivity index is 2.16. The van der Waals surface area contributed by atoms with E-state index in [9.17, 15) is 18.5 Å². The van der Waals surface area contributed by atoms with Crippen molar-refractivity contribution < 1.29 is 18.3 Å². The second kappa shape index (κ2) is 8.62. The monoisotopic (exact) mass is 434 g/mol. The molecule has 0 unspecified atom stereocenters. The molecule has 0 aliphatic carbocycles. The first kappa shape index (κ1) is 22.1. The second-order valence-electron chi connectivity index (χ2n) is 7.39. The fraction of sp³-hybridized carbons (Fsp3) is 0.167. The number of rotatable bonds is 6. The van der Waals surface area contributed by atoms with Gasteiger partial charge in [-0.2, -0.15) is 5.26 Å². The van der Waals surface area contributed by atoms with Gasteiger partial charge in [0.05, 0.1) is 10.5 Å². The molecule has 31 heavy (non-hydrogen) atoms. The molecule has 0 radical (unpaired) electrons. The van der Waals surface area contributed by atoms with Crippen LogP contribution >= 0.6 is 0 Å². The van der Waals surface area contributed by atoms with Crippen molar-refractivity contribution in [3.63, 3.8) is 0 Å². The van der Waals surface area contributed by atoms with Crippen molar-refractivity contribution in [2.45, 2.75) is 31.6 Å². The van der Waals surface area contributed by atoms with E-state index in [1.54, 1.807) is 30.3 Å². The van der Waals surface area contributed by atoms with E-state index in [0.29, 0.717) is 5.56 Å². The van der Waals surface area contributed by atoms with E-state index in [1.807, 2.05) is 37.5 Å². The van der Waals surface area contributed by atoms with Gasteiger partial charge in [-0.1, -0.05) is 32.0 Å². The average molecular weight is 435 g/mol. The predicted molar refractivity (Wildman–Crippen MR) is 119 cm³/mol. The number of allylic oxidation sites excluding steroid dienone is 1. The molecular weight excluding hydrogens is 412 g/mol. The van der Waals surface area contributed by atoms with Crippen LogP contribution in [0.4, 0.5) is 0 Å². The lowest BCUT2D eigenvalue weighted by Crippen LogP contribution is -2.05. The fourth-order valence-electron chi connectivity index (χ4n) is 3.36. The van der Waals surface area contributed by atoms with Crippen molar-refractivity contribution in [3.05, 3.63) is 88.1 Å². The number of nitriles is 1. The lowest BCUT2D eigenvalue weighted by Gasteiger charge is -2.14. The van der Waals surface area contributed by atoms with Gasteiger partial charge < -0.3 is 9.67 Å². The number of sulfone groups is 1. The maximum atomic E-state index is 12.9. The van der Waals surface area contributed by atoms with E-state index in [1.165, 1.54) is 30.3 Å². The first-order chi connectivity index (χ1) is 14.7. The van der Waals surface area contributed by atoms with Crippen molar-refractivity contribution >= 4 is 21.9 Å². The Labute approximate surface area is 181 Å². The first-order valence-electron chi connectivity index (χ1n) is 9.64. The molecule has 7 heteroatoms. The molecule has 0 aliphatic heterocycles. The van der Waals surface area contributed by atoms with Crippen LogP contribution in [0.5, 0.6) is 0 Å². The number of benzene rings is 2. The van der Waals surface area contributed by atoms with Crippen molar-refractivity contribution in [1.82, 2.24) is 4.57 Å². The van der Waals surface area contributed by atoms with Crippen LogP contribution in [0, 0.1) is 18.3 Å². The van der Waals surface area contributed by atoms with Gasteiger partial charge >= 0.3 is 5.97 Å². The molecule has 1 heterocycles. The molecule has 0 bridgehead atoms. The summed E-state index contributed by atoms with van der Waals surface area (Å²) < 4.78 is 27.8. The SMILES string of the molecule is Cc1c(/C=C(\C#N)S(=O)(=O)c2ccccc2)cc(C(C)C)n1-c1ccc(C(=O)O)cc1. The highest BCUT2D eigenvalue weighted by Gasteiger charge is 2.22. The first-order valence-corrected chi connectivity index (χ1v) is 11.1. The summed E-state index contributed by atoms with van der Waals surface area (Å²) in [7, 11) is -3.94. The highest BCUT2D eigenvalue weighted by atomic mass is 32.2. The number of carboxylic acid groups (broad SMARTS) is 1. The van der Waals surface area contributed by atoms with E-state index in [2.05, 4.69) is 0 Å². The summed E-state index contributed by atoms with van der Waals surface area (Å²) in [5.74, 6) is -0.899. The number of aromatic carboxylic acids is 1. The van der Waals surface area contributed by atoms with Gasteiger partial charge in [-0.3, -0.25) is 0 Å². The molecule has 0 spiro atoms. The maximum Gasteiger partial charge on any atom is 0.335 e. The minimum atomic E-state index is -3.94. The number of hydrogen-bond donors (Lipinski definition) is 1.